The van der Waals surface area contributed by atoms with Crippen molar-refractivity contribution in [3.63, 3.8) is 0 Å². The molecule has 4 aromatic carbocycles. The minimum absolute atomic E-state index is 0.104. The molecule has 0 aliphatic heterocycles. The summed E-state index contributed by atoms with van der Waals surface area (Å²) in [5.41, 5.74) is -2.08. The molecule has 0 radical (unpaired) electrons. The first kappa shape index (κ1) is 48.8. The van der Waals surface area contributed by atoms with Crippen molar-refractivity contribution < 1.29 is 68.2 Å². The third kappa shape index (κ3) is 8.15. The summed E-state index contributed by atoms with van der Waals surface area (Å²) in [7, 11) is 17.7. The molecule has 6 aliphatic carbocycles. The van der Waals surface area contributed by atoms with Crippen molar-refractivity contribution in [2.24, 2.45) is 22.7 Å². The zero-order valence-electron chi connectivity index (χ0n) is 37.2. The molecule has 0 saturated heterocycles. The van der Waals surface area contributed by atoms with E-state index in [0.717, 1.165) is 99.6 Å². The van der Waals surface area contributed by atoms with E-state index in [0.29, 0.717) is 46.9 Å². The van der Waals surface area contributed by atoms with E-state index in [1.54, 1.807) is 12.1 Å². The first-order valence-corrected chi connectivity index (χ1v) is 39.7. The number of allylic oxidation sites excluding steroid dienone is 2. The summed E-state index contributed by atoms with van der Waals surface area (Å²) >= 11 is -5.92. The van der Waals surface area contributed by atoms with Gasteiger partial charge in [-0.3, -0.25) is 0 Å². The third-order valence-corrected chi connectivity index (χ3v) is 69.1. The zero-order valence-corrected chi connectivity index (χ0v) is 42.4. The van der Waals surface area contributed by atoms with Gasteiger partial charge in [-0.1, -0.05) is 0 Å². The quantitative estimate of drug-likeness (QED) is 0.116. The molecule has 6 aliphatic rings. The Morgan fingerprint density at radius 2 is 0.838 bits per heavy atom. The van der Waals surface area contributed by atoms with E-state index in [4.69, 9.17) is 17.0 Å². The fourth-order valence-electron chi connectivity index (χ4n) is 14.1. The molecule has 363 valence electrons. The fraction of sp³-hybridized carbons (Fsp3) is 0.462. The SMILES string of the molecule is C[SiH](C)[Zr]([Cl])([Cl])([CH]1C(CC23CCC(CC2)C3)=Cc2c(-c3cc(C(F)(F)F)cc(C(F)(F)F)c3)cccc21)[CH]1C(CC23CCC(CC2)C3)=Cc2c(-c3cc(C(F)(F)F)cc(C(F)(F)F)c3)cccc21. The molecule has 4 saturated carbocycles. The molecule has 4 aromatic rings. The molecule has 0 aromatic heterocycles. The fourth-order valence-corrected chi connectivity index (χ4v) is 45.4. The molecule has 4 bridgehead atoms. The van der Waals surface area contributed by atoms with E-state index in [9.17, 15) is 52.7 Å². The predicted molar refractivity (Wildman–Crippen MR) is 243 cm³/mol. The number of halogens is 14. The van der Waals surface area contributed by atoms with Gasteiger partial charge in [0.05, 0.1) is 0 Å². The normalized spacial score (nSPS) is 27.4. The maximum absolute atomic E-state index is 14.4. The summed E-state index contributed by atoms with van der Waals surface area (Å²) in [6, 6.07) is 13.2. The summed E-state index contributed by atoms with van der Waals surface area (Å²) in [4.78, 5) is 0. The van der Waals surface area contributed by atoms with Gasteiger partial charge in [-0.15, -0.1) is 0 Å². The molecule has 0 spiro atoms. The first-order valence-electron chi connectivity index (χ1n) is 23.4. The van der Waals surface area contributed by atoms with E-state index in [2.05, 4.69) is 13.1 Å². The van der Waals surface area contributed by atoms with Crippen LogP contribution in [0.25, 0.3) is 34.4 Å². The van der Waals surface area contributed by atoms with Crippen LogP contribution in [-0.2, 0) is 40.3 Å². The molecular formula is C52H49Cl2F12SiZr. The average molecular weight is 1090 g/mol. The Balaban J connectivity index is 1.21. The van der Waals surface area contributed by atoms with Crippen LogP contribution in [-0.4, -0.2) is 5.92 Å². The Bertz CT molecular complexity index is 2520. The summed E-state index contributed by atoms with van der Waals surface area (Å²) in [6.45, 7) is 4.18. The average Bonchev–Trinajstić information content (AvgIpc) is 4.12. The number of rotatable bonds is 9. The molecule has 0 nitrogen and oxygen atoms in total. The van der Waals surface area contributed by atoms with Crippen molar-refractivity contribution in [3.8, 4) is 22.3 Å². The van der Waals surface area contributed by atoms with Gasteiger partial charge in [0.1, 0.15) is 0 Å². The maximum atomic E-state index is 14.4. The van der Waals surface area contributed by atoms with Crippen molar-refractivity contribution in [2.45, 2.75) is 122 Å². The molecule has 0 heterocycles. The Morgan fingerprint density at radius 3 is 1.10 bits per heavy atom. The second-order valence-corrected chi connectivity index (χ2v) is 64.0. The number of hydrogen-bond acceptors (Lipinski definition) is 0. The molecule has 68 heavy (non-hydrogen) atoms. The third-order valence-electron chi connectivity index (χ3n) is 17.2. The van der Waals surface area contributed by atoms with Gasteiger partial charge in [0, 0.05) is 0 Å². The second-order valence-electron chi connectivity index (χ2n) is 21.5. The van der Waals surface area contributed by atoms with Crippen molar-refractivity contribution in [3.05, 3.63) is 128 Å². The molecule has 2 unspecified atom stereocenters. The van der Waals surface area contributed by atoms with Crippen LogP contribution in [0.15, 0.2) is 83.9 Å². The number of alkyl halides is 12. The number of benzene rings is 4. The van der Waals surface area contributed by atoms with Gasteiger partial charge < -0.3 is 0 Å². The van der Waals surface area contributed by atoms with Crippen LogP contribution in [0.3, 0.4) is 0 Å². The minimum atomic E-state index is -5.92. The monoisotopic (exact) mass is 1090 g/mol. The Labute approximate surface area is 396 Å². The standard InChI is InChI=1S/2C25H21F6.C2H7Si.2ClH.Zr/c2*26-24(27,28)19-10-18(11-20(12-19)25(29,30)31)21-3-1-2-17-8-16(9-22(17)21)14-23-6-4-15(13-23)5-7-23;1-3-2;;;/h2*1-3,8-12,15H,4-7,13-14H2;3H,1-2H3;2*1H;/q;;;;;+2/p-2. The predicted octanol–water partition coefficient (Wildman–Crippen LogP) is 18.6. The van der Waals surface area contributed by atoms with Crippen molar-refractivity contribution in [2.75, 3.05) is 0 Å². The van der Waals surface area contributed by atoms with Gasteiger partial charge in [-0.25, -0.2) is 0 Å². The van der Waals surface area contributed by atoms with E-state index in [1.807, 2.05) is 24.3 Å². The topological polar surface area (TPSA) is 0 Å². The Kier molecular flexibility index (Phi) is 11.6. The summed E-state index contributed by atoms with van der Waals surface area (Å²) in [5, 5.41) is 0. The van der Waals surface area contributed by atoms with Gasteiger partial charge in [0.2, 0.25) is 0 Å². The molecular weight excluding hydrogens is 1040 g/mol. The van der Waals surface area contributed by atoms with Crippen molar-refractivity contribution >= 4 is 35.1 Å². The van der Waals surface area contributed by atoms with E-state index in [1.165, 1.54) is 12.1 Å². The van der Waals surface area contributed by atoms with Gasteiger partial charge in [0.25, 0.3) is 0 Å². The van der Waals surface area contributed by atoms with Crippen LogP contribution in [0.1, 0.15) is 129 Å². The van der Waals surface area contributed by atoms with Gasteiger partial charge >= 0.3 is 399 Å². The molecule has 0 amide bonds. The number of hydrogen-bond donors (Lipinski definition) is 0. The van der Waals surface area contributed by atoms with E-state index >= 15 is 0 Å². The first-order chi connectivity index (χ1) is 31.6. The number of fused-ring (bicyclic) bond motifs is 6. The second kappa shape index (κ2) is 16.1. The van der Waals surface area contributed by atoms with Crippen LogP contribution in [0, 0.1) is 22.7 Å². The Hall–Kier alpha value is -2.80. The summed E-state index contributed by atoms with van der Waals surface area (Å²) < 4.78 is 171. The molecule has 4 fully saturated rings. The molecule has 16 heteroatoms. The van der Waals surface area contributed by atoms with Crippen LogP contribution < -0.4 is 0 Å². The van der Waals surface area contributed by atoms with Crippen molar-refractivity contribution in [1.29, 1.82) is 0 Å². The van der Waals surface area contributed by atoms with Gasteiger partial charge in [-0.2, -0.15) is 0 Å². The molecule has 0 N–H and O–H groups in total. The van der Waals surface area contributed by atoms with E-state index < -0.39 is 75.7 Å². The molecule has 2 atom stereocenters. The van der Waals surface area contributed by atoms with E-state index in [-0.39, 0.29) is 45.2 Å². The van der Waals surface area contributed by atoms with Crippen LogP contribution in [0.5, 0.6) is 0 Å². The van der Waals surface area contributed by atoms with Crippen LogP contribution in [0.4, 0.5) is 52.7 Å². The Morgan fingerprint density at radius 1 is 0.515 bits per heavy atom. The molecule has 10 rings (SSSR count). The van der Waals surface area contributed by atoms with Gasteiger partial charge in [-0.05, 0) is 0 Å². The van der Waals surface area contributed by atoms with Crippen LogP contribution in [0.2, 0.25) is 13.1 Å². The summed E-state index contributed by atoms with van der Waals surface area (Å²) in [5.74, 6) is -1.31. The van der Waals surface area contributed by atoms with Gasteiger partial charge in [0.15, 0.2) is 0 Å². The van der Waals surface area contributed by atoms with Crippen LogP contribution >= 0.6 is 17.0 Å². The van der Waals surface area contributed by atoms with Crippen molar-refractivity contribution in [1.82, 2.24) is 0 Å². The summed E-state index contributed by atoms with van der Waals surface area (Å²) in [6.07, 6.45) is -5.40. The zero-order chi connectivity index (χ0) is 48.8.